The van der Waals surface area contributed by atoms with Crippen LogP contribution in [0.15, 0.2) is 30.3 Å². The molecule has 0 aliphatic heterocycles. The van der Waals surface area contributed by atoms with Crippen LogP contribution in [0.1, 0.15) is 45.1 Å². The van der Waals surface area contributed by atoms with Crippen molar-refractivity contribution < 1.29 is 0 Å². The summed E-state index contributed by atoms with van der Waals surface area (Å²) in [5, 5.41) is 0. The van der Waals surface area contributed by atoms with Gasteiger partial charge in [-0.3, -0.25) is 0 Å². The van der Waals surface area contributed by atoms with Gasteiger partial charge in [-0.1, -0.05) is 51.1 Å². The number of nitrogens with two attached hydrogens (primary N) is 1. The van der Waals surface area contributed by atoms with Crippen LogP contribution in [0.2, 0.25) is 0 Å². The monoisotopic (exact) mass is 193 g/mol. The fourth-order valence-corrected chi connectivity index (χ4v) is 1.75. The van der Waals surface area contributed by atoms with Crippen LogP contribution >= 0.6 is 0 Å². The smallest absolute Gasteiger partial charge is 0.00714 e. The number of hydrogen-bond donors (Lipinski definition) is 1. The second kappa shape index (κ2) is 7.57. The van der Waals surface area contributed by atoms with Gasteiger partial charge < -0.3 is 5.73 Å². The fraction of sp³-hybridized carbons (Fsp3) is 0.538. The number of benzene rings is 1. The quantitative estimate of drug-likeness (QED) is 0.760. The Morgan fingerprint density at radius 2 is 1.79 bits per heavy atom. The van der Waals surface area contributed by atoms with Crippen LogP contribution in [0.3, 0.4) is 0 Å². The Balaban J connectivity index is 0.00000169. The molecule has 0 aliphatic rings. The molecule has 1 heteroatoms. The van der Waals surface area contributed by atoms with Crippen molar-refractivity contribution in [2.75, 3.05) is 6.54 Å². The highest BCUT2D eigenvalue weighted by Gasteiger charge is 2.08. The lowest BCUT2D eigenvalue weighted by Crippen LogP contribution is -2.07. The zero-order chi connectivity index (χ0) is 9.52. The Labute approximate surface area is 88.3 Å². The molecule has 1 atom stereocenters. The van der Waals surface area contributed by atoms with Crippen LogP contribution in [-0.4, -0.2) is 6.54 Å². The summed E-state index contributed by atoms with van der Waals surface area (Å²) in [6, 6.07) is 10.7. The summed E-state index contributed by atoms with van der Waals surface area (Å²) in [5.41, 5.74) is 7.04. The average molecular weight is 193 g/mol. The van der Waals surface area contributed by atoms with Crippen molar-refractivity contribution in [2.45, 2.75) is 39.5 Å². The van der Waals surface area contributed by atoms with E-state index in [0.717, 1.165) is 13.0 Å². The first-order chi connectivity index (χ1) is 6.38. The van der Waals surface area contributed by atoms with E-state index >= 15 is 0 Å². The van der Waals surface area contributed by atoms with Crippen molar-refractivity contribution in [3.63, 3.8) is 0 Å². The predicted octanol–water partition coefficient (Wildman–Crippen LogP) is 3.56. The first-order valence-corrected chi connectivity index (χ1v) is 5.13. The fourth-order valence-electron chi connectivity index (χ4n) is 1.75. The molecule has 0 saturated heterocycles. The minimum absolute atomic E-state index is 0. The molecule has 0 aromatic heterocycles. The molecule has 14 heavy (non-hydrogen) atoms. The normalized spacial score (nSPS) is 11.9. The third kappa shape index (κ3) is 3.93. The molecule has 0 fully saturated rings. The maximum Gasteiger partial charge on any atom is -0.00714 e. The van der Waals surface area contributed by atoms with Gasteiger partial charge in [0.25, 0.3) is 0 Å². The van der Waals surface area contributed by atoms with Crippen LogP contribution in [0.25, 0.3) is 0 Å². The molecule has 0 aliphatic carbocycles. The molecule has 0 amide bonds. The molecule has 1 aromatic carbocycles. The lowest BCUT2D eigenvalue weighted by Gasteiger charge is -2.15. The van der Waals surface area contributed by atoms with Crippen molar-refractivity contribution in [3.8, 4) is 0 Å². The number of rotatable bonds is 5. The van der Waals surface area contributed by atoms with Crippen LogP contribution < -0.4 is 5.73 Å². The van der Waals surface area contributed by atoms with E-state index in [1.54, 1.807) is 0 Å². The third-order valence-corrected chi connectivity index (χ3v) is 2.42. The van der Waals surface area contributed by atoms with E-state index in [9.17, 15) is 0 Å². The average Bonchev–Trinajstić information content (AvgIpc) is 2.19. The van der Waals surface area contributed by atoms with Crippen molar-refractivity contribution in [1.82, 2.24) is 0 Å². The van der Waals surface area contributed by atoms with Crippen LogP contribution in [0.5, 0.6) is 0 Å². The van der Waals surface area contributed by atoms with Crippen molar-refractivity contribution in [1.29, 1.82) is 0 Å². The Kier molecular flexibility index (Phi) is 7.13. The van der Waals surface area contributed by atoms with Gasteiger partial charge in [-0.15, -0.1) is 0 Å². The Hall–Kier alpha value is -0.820. The van der Waals surface area contributed by atoms with Gasteiger partial charge in [0.05, 0.1) is 0 Å². The lowest BCUT2D eigenvalue weighted by atomic mass is 9.92. The molecule has 0 spiro atoms. The van der Waals surface area contributed by atoms with Crippen LogP contribution in [0, 0.1) is 0 Å². The van der Waals surface area contributed by atoms with E-state index in [-0.39, 0.29) is 7.43 Å². The summed E-state index contributed by atoms with van der Waals surface area (Å²) >= 11 is 0. The van der Waals surface area contributed by atoms with Crippen LogP contribution in [0.4, 0.5) is 0 Å². The van der Waals surface area contributed by atoms with Gasteiger partial charge in [-0.2, -0.15) is 0 Å². The topological polar surface area (TPSA) is 26.0 Å². The Morgan fingerprint density at radius 1 is 1.14 bits per heavy atom. The molecule has 1 rings (SSSR count). The molecule has 80 valence electrons. The summed E-state index contributed by atoms with van der Waals surface area (Å²) in [7, 11) is 0. The standard InChI is InChI=1S/C12H19N.CH4/c1-2-6-11(9-10-13)12-7-4-3-5-8-12;/h3-5,7-8,11H,2,6,9-10,13H2,1H3;1H4. The predicted molar refractivity (Wildman–Crippen MR) is 64.5 cm³/mol. The maximum atomic E-state index is 5.60. The second-order valence-electron chi connectivity index (χ2n) is 3.47. The minimum Gasteiger partial charge on any atom is -0.330 e. The van der Waals surface area contributed by atoms with Gasteiger partial charge in [-0.05, 0) is 30.9 Å². The van der Waals surface area contributed by atoms with E-state index in [1.165, 1.54) is 18.4 Å². The highest BCUT2D eigenvalue weighted by Crippen LogP contribution is 2.23. The minimum atomic E-state index is 0. The molecular formula is C13H23N. The molecule has 1 unspecified atom stereocenters. The first-order valence-electron chi connectivity index (χ1n) is 5.13. The van der Waals surface area contributed by atoms with Gasteiger partial charge >= 0.3 is 0 Å². The summed E-state index contributed by atoms with van der Waals surface area (Å²) in [6.07, 6.45) is 3.60. The van der Waals surface area contributed by atoms with E-state index < -0.39 is 0 Å². The second-order valence-corrected chi connectivity index (χ2v) is 3.47. The highest BCUT2D eigenvalue weighted by molar-refractivity contribution is 5.19. The van der Waals surface area contributed by atoms with Crippen molar-refractivity contribution in [2.24, 2.45) is 5.73 Å². The van der Waals surface area contributed by atoms with E-state index in [2.05, 4.69) is 37.3 Å². The molecule has 0 saturated carbocycles. The third-order valence-electron chi connectivity index (χ3n) is 2.42. The zero-order valence-electron chi connectivity index (χ0n) is 8.37. The molecule has 0 heterocycles. The molecular weight excluding hydrogens is 170 g/mol. The van der Waals surface area contributed by atoms with Gasteiger partial charge in [-0.25, -0.2) is 0 Å². The van der Waals surface area contributed by atoms with E-state index in [4.69, 9.17) is 5.73 Å². The molecule has 0 radical (unpaired) electrons. The maximum absolute atomic E-state index is 5.60. The zero-order valence-corrected chi connectivity index (χ0v) is 8.37. The SMILES string of the molecule is C.CCCC(CCN)c1ccccc1. The largest absolute Gasteiger partial charge is 0.330 e. The van der Waals surface area contributed by atoms with Gasteiger partial charge in [0, 0.05) is 0 Å². The van der Waals surface area contributed by atoms with Gasteiger partial charge in [0.2, 0.25) is 0 Å². The summed E-state index contributed by atoms with van der Waals surface area (Å²) in [5.74, 6) is 0.663. The molecule has 1 aromatic rings. The highest BCUT2D eigenvalue weighted by atomic mass is 14.5. The van der Waals surface area contributed by atoms with E-state index in [0.29, 0.717) is 5.92 Å². The Bertz CT molecular complexity index is 212. The van der Waals surface area contributed by atoms with Gasteiger partial charge in [0.15, 0.2) is 0 Å². The van der Waals surface area contributed by atoms with E-state index in [1.807, 2.05) is 0 Å². The number of hydrogen-bond acceptors (Lipinski definition) is 1. The molecule has 2 N–H and O–H groups in total. The summed E-state index contributed by atoms with van der Waals surface area (Å²) in [4.78, 5) is 0. The van der Waals surface area contributed by atoms with Crippen molar-refractivity contribution in [3.05, 3.63) is 35.9 Å². The first kappa shape index (κ1) is 13.2. The van der Waals surface area contributed by atoms with Gasteiger partial charge in [0.1, 0.15) is 0 Å². The molecule has 1 nitrogen and oxygen atoms in total. The summed E-state index contributed by atoms with van der Waals surface area (Å²) < 4.78 is 0. The summed E-state index contributed by atoms with van der Waals surface area (Å²) in [6.45, 7) is 3.02. The van der Waals surface area contributed by atoms with Crippen LogP contribution in [-0.2, 0) is 0 Å². The molecule has 0 bridgehead atoms. The Morgan fingerprint density at radius 3 is 2.29 bits per heavy atom. The lowest BCUT2D eigenvalue weighted by molar-refractivity contribution is 0.576. The van der Waals surface area contributed by atoms with Crippen molar-refractivity contribution >= 4 is 0 Å².